The number of aryl methyl sites for hydroxylation is 1. The fourth-order valence-electron chi connectivity index (χ4n) is 2.33. The van der Waals surface area contributed by atoms with E-state index in [1.165, 1.54) is 17.5 Å². The van der Waals surface area contributed by atoms with Crippen LogP contribution >= 0.6 is 0 Å². The second-order valence-corrected chi connectivity index (χ2v) is 4.79. The summed E-state index contributed by atoms with van der Waals surface area (Å²) < 4.78 is 1.49. The van der Waals surface area contributed by atoms with Crippen LogP contribution in [-0.2, 0) is 11.3 Å². The van der Waals surface area contributed by atoms with Gasteiger partial charge in [-0.1, -0.05) is 12.8 Å². The standard InChI is InChI=1S/C13H19N3O3/c17-12(18)6-10-16-11(5-7-14-16)13(19)15-8-3-1-2-4-9-15/h5,7H,1-4,6,8-10H2,(H,17,18). The highest BCUT2D eigenvalue weighted by Crippen LogP contribution is 2.13. The monoisotopic (exact) mass is 265 g/mol. The zero-order valence-electron chi connectivity index (χ0n) is 10.9. The third kappa shape index (κ3) is 3.56. The minimum Gasteiger partial charge on any atom is -0.481 e. The number of nitrogens with zero attached hydrogens (tertiary/aromatic N) is 3. The summed E-state index contributed by atoms with van der Waals surface area (Å²) in [5, 5.41) is 12.7. The van der Waals surface area contributed by atoms with Crippen LogP contribution in [0.5, 0.6) is 0 Å². The van der Waals surface area contributed by atoms with Crippen LogP contribution in [0.3, 0.4) is 0 Å². The van der Waals surface area contributed by atoms with Crippen LogP contribution < -0.4 is 0 Å². The average Bonchev–Trinajstić information content (AvgIpc) is 2.68. The molecular weight excluding hydrogens is 246 g/mol. The molecule has 0 aliphatic carbocycles. The van der Waals surface area contributed by atoms with Gasteiger partial charge in [-0.05, 0) is 18.9 Å². The van der Waals surface area contributed by atoms with Gasteiger partial charge in [0, 0.05) is 19.3 Å². The summed E-state index contributed by atoms with van der Waals surface area (Å²) >= 11 is 0. The van der Waals surface area contributed by atoms with Gasteiger partial charge in [-0.25, -0.2) is 0 Å². The van der Waals surface area contributed by atoms with Gasteiger partial charge < -0.3 is 10.0 Å². The van der Waals surface area contributed by atoms with Crippen LogP contribution in [0.15, 0.2) is 12.3 Å². The summed E-state index contributed by atoms with van der Waals surface area (Å²) in [6, 6.07) is 1.66. The maximum Gasteiger partial charge on any atom is 0.305 e. The summed E-state index contributed by atoms with van der Waals surface area (Å²) in [4.78, 5) is 24.8. The molecule has 6 nitrogen and oxygen atoms in total. The van der Waals surface area contributed by atoms with Gasteiger partial charge in [0.05, 0.1) is 13.0 Å². The Bertz CT molecular complexity index is 448. The van der Waals surface area contributed by atoms with E-state index in [1.807, 2.05) is 4.90 Å². The second-order valence-electron chi connectivity index (χ2n) is 4.79. The van der Waals surface area contributed by atoms with Crippen molar-refractivity contribution in [2.45, 2.75) is 38.6 Å². The Morgan fingerprint density at radius 3 is 2.53 bits per heavy atom. The Kier molecular flexibility index (Phi) is 4.54. The largest absolute Gasteiger partial charge is 0.481 e. The molecule has 104 valence electrons. The molecule has 0 aromatic carbocycles. The first kappa shape index (κ1) is 13.6. The Balaban J connectivity index is 2.05. The molecule has 1 aliphatic heterocycles. The molecule has 0 radical (unpaired) electrons. The van der Waals surface area contributed by atoms with E-state index in [4.69, 9.17) is 5.11 Å². The van der Waals surface area contributed by atoms with Crippen LogP contribution in [0.2, 0.25) is 0 Å². The molecule has 1 saturated heterocycles. The van der Waals surface area contributed by atoms with Crippen molar-refractivity contribution >= 4 is 11.9 Å². The topological polar surface area (TPSA) is 75.4 Å². The molecule has 2 heterocycles. The number of likely N-dealkylation sites (tertiary alicyclic amines) is 1. The van der Waals surface area contributed by atoms with Crippen molar-refractivity contribution in [1.29, 1.82) is 0 Å². The van der Waals surface area contributed by atoms with Gasteiger partial charge in [-0.2, -0.15) is 5.10 Å². The summed E-state index contributed by atoms with van der Waals surface area (Å²) in [5.74, 6) is -0.923. The fraction of sp³-hybridized carbons (Fsp3) is 0.615. The lowest BCUT2D eigenvalue weighted by Crippen LogP contribution is -2.33. The first-order chi connectivity index (χ1) is 9.18. The van der Waals surface area contributed by atoms with E-state index in [-0.39, 0.29) is 18.9 Å². The molecule has 1 fully saturated rings. The third-order valence-electron chi connectivity index (χ3n) is 3.37. The number of hydrogen-bond donors (Lipinski definition) is 1. The molecule has 19 heavy (non-hydrogen) atoms. The van der Waals surface area contributed by atoms with E-state index in [9.17, 15) is 9.59 Å². The molecule has 1 aliphatic rings. The van der Waals surface area contributed by atoms with Crippen molar-refractivity contribution < 1.29 is 14.7 Å². The molecule has 1 N–H and O–H groups in total. The van der Waals surface area contributed by atoms with Crippen LogP contribution in [0.1, 0.15) is 42.6 Å². The van der Waals surface area contributed by atoms with Crippen molar-refractivity contribution in [3.05, 3.63) is 18.0 Å². The number of carbonyl (C=O) groups excluding carboxylic acids is 1. The van der Waals surface area contributed by atoms with Crippen LogP contribution in [-0.4, -0.2) is 44.8 Å². The Morgan fingerprint density at radius 1 is 1.21 bits per heavy atom. The smallest absolute Gasteiger partial charge is 0.305 e. The summed E-state index contributed by atoms with van der Waals surface area (Å²) in [5.41, 5.74) is 0.489. The van der Waals surface area contributed by atoms with Crippen molar-refractivity contribution in [3.8, 4) is 0 Å². The van der Waals surface area contributed by atoms with Gasteiger partial charge in [-0.3, -0.25) is 14.3 Å². The van der Waals surface area contributed by atoms with Crippen LogP contribution in [0.25, 0.3) is 0 Å². The van der Waals surface area contributed by atoms with E-state index >= 15 is 0 Å². The maximum absolute atomic E-state index is 12.4. The van der Waals surface area contributed by atoms with E-state index in [0.29, 0.717) is 5.69 Å². The lowest BCUT2D eigenvalue weighted by Gasteiger charge is -2.20. The van der Waals surface area contributed by atoms with Crippen molar-refractivity contribution in [3.63, 3.8) is 0 Å². The highest BCUT2D eigenvalue weighted by molar-refractivity contribution is 5.92. The number of carboxylic acid groups (broad SMARTS) is 1. The van der Waals surface area contributed by atoms with Gasteiger partial charge in [0.25, 0.3) is 5.91 Å². The van der Waals surface area contributed by atoms with E-state index in [0.717, 1.165) is 25.9 Å². The van der Waals surface area contributed by atoms with Gasteiger partial charge in [0.1, 0.15) is 5.69 Å². The highest BCUT2D eigenvalue weighted by atomic mass is 16.4. The zero-order chi connectivity index (χ0) is 13.7. The Morgan fingerprint density at radius 2 is 1.89 bits per heavy atom. The molecule has 1 amide bonds. The average molecular weight is 265 g/mol. The Labute approximate surface area is 112 Å². The molecular formula is C13H19N3O3. The summed E-state index contributed by atoms with van der Waals surface area (Å²) in [6.07, 6.45) is 5.93. The summed E-state index contributed by atoms with van der Waals surface area (Å²) in [6.45, 7) is 1.79. The predicted molar refractivity (Wildman–Crippen MR) is 68.9 cm³/mol. The summed E-state index contributed by atoms with van der Waals surface area (Å²) in [7, 11) is 0. The number of carbonyl (C=O) groups is 2. The first-order valence-corrected chi connectivity index (χ1v) is 6.71. The molecule has 0 bridgehead atoms. The number of rotatable bonds is 4. The van der Waals surface area contributed by atoms with Crippen LogP contribution in [0, 0.1) is 0 Å². The molecule has 0 spiro atoms. The molecule has 1 aromatic heterocycles. The normalized spacial score (nSPS) is 16.1. The minimum absolute atomic E-state index is 0.0258. The number of hydrogen-bond acceptors (Lipinski definition) is 3. The number of aliphatic carboxylic acids is 1. The van der Waals surface area contributed by atoms with Crippen molar-refractivity contribution in [1.82, 2.24) is 14.7 Å². The number of carboxylic acids is 1. The Hall–Kier alpha value is -1.85. The van der Waals surface area contributed by atoms with Crippen LogP contribution in [0.4, 0.5) is 0 Å². The molecule has 2 rings (SSSR count). The van der Waals surface area contributed by atoms with Crippen molar-refractivity contribution in [2.24, 2.45) is 0 Å². The quantitative estimate of drug-likeness (QED) is 0.892. The minimum atomic E-state index is -0.885. The second kappa shape index (κ2) is 6.36. The zero-order valence-corrected chi connectivity index (χ0v) is 10.9. The fourth-order valence-corrected chi connectivity index (χ4v) is 2.33. The predicted octanol–water partition coefficient (Wildman–Crippen LogP) is 1.37. The maximum atomic E-state index is 12.4. The van der Waals surface area contributed by atoms with E-state index in [2.05, 4.69) is 5.10 Å². The van der Waals surface area contributed by atoms with E-state index < -0.39 is 5.97 Å². The lowest BCUT2D eigenvalue weighted by molar-refractivity contribution is -0.137. The highest BCUT2D eigenvalue weighted by Gasteiger charge is 2.20. The lowest BCUT2D eigenvalue weighted by atomic mass is 10.2. The van der Waals surface area contributed by atoms with Gasteiger partial charge >= 0.3 is 5.97 Å². The van der Waals surface area contributed by atoms with Crippen molar-refractivity contribution in [2.75, 3.05) is 13.1 Å². The molecule has 0 unspecified atom stereocenters. The van der Waals surface area contributed by atoms with Gasteiger partial charge in [-0.15, -0.1) is 0 Å². The molecule has 1 aromatic rings. The third-order valence-corrected chi connectivity index (χ3v) is 3.37. The van der Waals surface area contributed by atoms with Gasteiger partial charge in [0.2, 0.25) is 0 Å². The number of aromatic nitrogens is 2. The first-order valence-electron chi connectivity index (χ1n) is 6.71. The molecule has 6 heteroatoms. The SMILES string of the molecule is O=C(O)CCn1nccc1C(=O)N1CCCCCC1. The van der Waals surface area contributed by atoms with Gasteiger partial charge in [0.15, 0.2) is 0 Å². The number of amides is 1. The van der Waals surface area contributed by atoms with E-state index in [1.54, 1.807) is 12.3 Å². The molecule has 0 saturated carbocycles. The molecule has 0 atom stereocenters.